The maximum atomic E-state index is 12.5. The van der Waals surface area contributed by atoms with Gasteiger partial charge in [-0.15, -0.1) is 0 Å². The summed E-state index contributed by atoms with van der Waals surface area (Å²) in [6.07, 6.45) is 1.61. The number of fused-ring (bicyclic) bond motifs is 2. The maximum Gasteiger partial charge on any atom is 0.244 e. The van der Waals surface area contributed by atoms with Crippen molar-refractivity contribution in [2.24, 2.45) is 5.92 Å². The van der Waals surface area contributed by atoms with E-state index in [1.807, 2.05) is 36.4 Å². The second kappa shape index (κ2) is 6.88. The van der Waals surface area contributed by atoms with Crippen LogP contribution in [0.1, 0.15) is 18.7 Å². The second-order valence-electron chi connectivity index (χ2n) is 7.55. The van der Waals surface area contributed by atoms with Gasteiger partial charge in [0.05, 0.1) is 29.4 Å². The van der Waals surface area contributed by atoms with Gasteiger partial charge in [-0.2, -0.15) is 4.72 Å². The average Bonchev–Trinajstić information content (AvgIpc) is 3.10. The zero-order valence-electron chi connectivity index (χ0n) is 15.4. The van der Waals surface area contributed by atoms with Crippen LogP contribution >= 0.6 is 0 Å². The van der Waals surface area contributed by atoms with Crippen molar-refractivity contribution in [3.63, 3.8) is 0 Å². The van der Waals surface area contributed by atoms with Gasteiger partial charge in [-0.25, -0.2) is 13.4 Å². The number of hydrogen-bond acceptors (Lipinski definition) is 5. The van der Waals surface area contributed by atoms with Gasteiger partial charge < -0.3 is 10.3 Å². The first-order chi connectivity index (χ1) is 13.6. The van der Waals surface area contributed by atoms with E-state index in [-0.39, 0.29) is 12.1 Å². The number of anilines is 1. The van der Waals surface area contributed by atoms with Gasteiger partial charge in [-0.1, -0.05) is 24.3 Å². The van der Waals surface area contributed by atoms with Gasteiger partial charge in [0.25, 0.3) is 0 Å². The molecule has 0 radical (unpaired) electrons. The lowest BCUT2D eigenvalue weighted by Crippen LogP contribution is -2.51. The molecular weight excluding hydrogens is 374 g/mol. The molecule has 1 unspecified atom stereocenters. The van der Waals surface area contributed by atoms with Gasteiger partial charge in [0.15, 0.2) is 0 Å². The van der Waals surface area contributed by atoms with E-state index in [4.69, 9.17) is 0 Å². The molecule has 5 rings (SSSR count). The lowest BCUT2D eigenvalue weighted by molar-refractivity contribution is 0.161. The molecule has 146 valence electrons. The number of H-pyrrole nitrogens is 1. The topological polar surface area (TPSA) is 90.1 Å². The summed E-state index contributed by atoms with van der Waals surface area (Å²) >= 11 is 0. The zero-order chi connectivity index (χ0) is 19.1. The van der Waals surface area contributed by atoms with E-state index >= 15 is 0 Å². The molecule has 2 aliphatic heterocycles. The molecule has 0 amide bonds. The molecular formula is C20H23N5O2S. The summed E-state index contributed by atoms with van der Waals surface area (Å²) < 4.78 is 27.9. The van der Waals surface area contributed by atoms with Crippen molar-refractivity contribution in [3.8, 4) is 0 Å². The van der Waals surface area contributed by atoms with Crippen LogP contribution in [0.25, 0.3) is 11.0 Å². The minimum atomic E-state index is -3.46. The fourth-order valence-electron chi connectivity index (χ4n) is 4.20. The Morgan fingerprint density at radius 2 is 1.79 bits per heavy atom. The first-order valence-corrected chi connectivity index (χ1v) is 11.1. The highest BCUT2D eigenvalue weighted by molar-refractivity contribution is 7.89. The normalized spacial score (nSPS) is 22.6. The molecule has 7 nitrogen and oxygen atoms in total. The van der Waals surface area contributed by atoms with Crippen LogP contribution in [0.15, 0.2) is 53.4 Å². The lowest BCUT2D eigenvalue weighted by Gasteiger charge is -2.38. The van der Waals surface area contributed by atoms with Crippen LogP contribution in [0.4, 0.5) is 5.69 Å². The molecule has 3 aromatic rings. The van der Waals surface area contributed by atoms with Gasteiger partial charge in [0.1, 0.15) is 10.7 Å². The average molecular weight is 398 g/mol. The number of sulfonamides is 1. The number of para-hydroxylation sites is 3. The Kier molecular flexibility index (Phi) is 4.34. The SMILES string of the molecule is O=S1(=O)NC(C2CCN(Cc3nc4ccccc4[nH]3)CC2)Nc2ccccc21. The monoisotopic (exact) mass is 397 g/mol. The largest absolute Gasteiger partial charge is 0.368 e. The van der Waals surface area contributed by atoms with Crippen LogP contribution in [-0.4, -0.2) is 42.5 Å². The maximum absolute atomic E-state index is 12.5. The summed E-state index contributed by atoms with van der Waals surface area (Å²) in [7, 11) is -3.46. The summed E-state index contributed by atoms with van der Waals surface area (Å²) in [6.45, 7) is 2.63. The van der Waals surface area contributed by atoms with Crippen LogP contribution in [0.2, 0.25) is 0 Å². The van der Waals surface area contributed by atoms with Gasteiger partial charge >= 0.3 is 0 Å². The first-order valence-electron chi connectivity index (χ1n) is 9.62. The summed E-state index contributed by atoms with van der Waals surface area (Å²) in [4.78, 5) is 10.7. The molecule has 1 saturated heterocycles. The zero-order valence-corrected chi connectivity index (χ0v) is 16.2. The first kappa shape index (κ1) is 17.7. The molecule has 3 heterocycles. The van der Waals surface area contributed by atoms with Gasteiger partial charge in [-0.05, 0) is 56.1 Å². The third kappa shape index (κ3) is 3.28. The Bertz CT molecular complexity index is 1070. The summed E-state index contributed by atoms with van der Waals surface area (Å²) in [6, 6.07) is 15.1. The number of rotatable bonds is 3. The molecule has 1 atom stereocenters. The van der Waals surface area contributed by atoms with Crippen molar-refractivity contribution < 1.29 is 8.42 Å². The van der Waals surface area contributed by atoms with Gasteiger partial charge in [-0.3, -0.25) is 4.90 Å². The number of piperidine rings is 1. The van der Waals surface area contributed by atoms with E-state index in [1.165, 1.54) is 0 Å². The predicted molar refractivity (Wildman–Crippen MR) is 108 cm³/mol. The van der Waals surface area contributed by atoms with E-state index in [0.29, 0.717) is 10.6 Å². The molecule has 0 aliphatic carbocycles. The van der Waals surface area contributed by atoms with Crippen molar-refractivity contribution in [1.82, 2.24) is 19.6 Å². The van der Waals surface area contributed by atoms with Crippen molar-refractivity contribution >= 4 is 26.7 Å². The minimum Gasteiger partial charge on any atom is -0.368 e. The Morgan fingerprint density at radius 3 is 2.61 bits per heavy atom. The number of aromatic nitrogens is 2. The summed E-state index contributed by atoms with van der Waals surface area (Å²) in [5.41, 5.74) is 2.75. The molecule has 0 spiro atoms. The van der Waals surface area contributed by atoms with Crippen LogP contribution in [-0.2, 0) is 16.6 Å². The summed E-state index contributed by atoms with van der Waals surface area (Å²) in [5.74, 6) is 1.24. The molecule has 0 saturated carbocycles. The Morgan fingerprint density at radius 1 is 1.04 bits per heavy atom. The standard InChI is InChI=1S/C20H23N5O2S/c26-28(27)18-8-4-3-7-17(18)23-20(24-28)14-9-11-25(12-10-14)13-19-21-15-5-1-2-6-16(15)22-19/h1-8,14,20,23-24H,9-13H2,(H,21,22). The quantitative estimate of drug-likeness (QED) is 0.632. The van der Waals surface area contributed by atoms with Crippen molar-refractivity contribution in [2.45, 2.75) is 30.4 Å². The van der Waals surface area contributed by atoms with Crippen LogP contribution in [0, 0.1) is 5.92 Å². The second-order valence-corrected chi connectivity index (χ2v) is 9.24. The smallest absolute Gasteiger partial charge is 0.244 e. The number of benzene rings is 2. The van der Waals surface area contributed by atoms with E-state index in [9.17, 15) is 8.42 Å². The highest BCUT2D eigenvalue weighted by atomic mass is 32.2. The fraction of sp³-hybridized carbons (Fsp3) is 0.350. The van der Waals surface area contributed by atoms with E-state index in [0.717, 1.165) is 49.3 Å². The number of likely N-dealkylation sites (tertiary alicyclic amines) is 1. The van der Waals surface area contributed by atoms with Crippen molar-refractivity contribution in [1.29, 1.82) is 0 Å². The van der Waals surface area contributed by atoms with E-state index in [2.05, 4.69) is 24.9 Å². The lowest BCUT2D eigenvalue weighted by atomic mass is 9.93. The number of nitrogens with one attached hydrogen (secondary N) is 3. The van der Waals surface area contributed by atoms with E-state index in [1.54, 1.807) is 12.1 Å². The van der Waals surface area contributed by atoms with Crippen molar-refractivity contribution in [3.05, 3.63) is 54.4 Å². The fourth-order valence-corrected chi connectivity index (χ4v) is 5.59. The Hall–Kier alpha value is -2.42. The van der Waals surface area contributed by atoms with Gasteiger partial charge in [0.2, 0.25) is 10.0 Å². The molecule has 1 fully saturated rings. The molecule has 2 aliphatic rings. The van der Waals surface area contributed by atoms with E-state index < -0.39 is 10.0 Å². The van der Waals surface area contributed by atoms with Crippen LogP contribution < -0.4 is 10.0 Å². The molecule has 2 aromatic carbocycles. The molecule has 28 heavy (non-hydrogen) atoms. The van der Waals surface area contributed by atoms with Gasteiger partial charge in [0, 0.05) is 0 Å². The minimum absolute atomic E-state index is 0.256. The highest BCUT2D eigenvalue weighted by Crippen LogP contribution is 2.31. The van der Waals surface area contributed by atoms with Crippen LogP contribution in [0.3, 0.4) is 0 Å². The summed E-state index contributed by atoms with van der Waals surface area (Å²) in [5, 5.41) is 3.38. The van der Waals surface area contributed by atoms with Crippen molar-refractivity contribution in [2.75, 3.05) is 18.4 Å². The molecule has 0 bridgehead atoms. The molecule has 1 aromatic heterocycles. The third-order valence-corrected chi connectivity index (χ3v) is 7.18. The Labute approximate surface area is 164 Å². The Balaban J connectivity index is 1.24. The molecule has 3 N–H and O–H groups in total. The highest BCUT2D eigenvalue weighted by Gasteiger charge is 2.35. The number of imidazole rings is 1. The predicted octanol–water partition coefficient (Wildman–Crippen LogP) is 2.50. The van der Waals surface area contributed by atoms with Crippen LogP contribution in [0.5, 0.6) is 0 Å². The third-order valence-electron chi connectivity index (χ3n) is 5.69. The molecule has 8 heteroatoms. The number of aromatic amines is 1. The number of hydrogen-bond donors (Lipinski definition) is 3. The number of nitrogens with zero attached hydrogens (tertiary/aromatic N) is 2.